The van der Waals surface area contributed by atoms with E-state index in [-0.39, 0.29) is 6.04 Å². The second-order valence-corrected chi connectivity index (χ2v) is 4.22. The van der Waals surface area contributed by atoms with Gasteiger partial charge in [-0.2, -0.15) is 0 Å². The Bertz CT molecular complexity index is 236. The van der Waals surface area contributed by atoms with Crippen molar-refractivity contribution >= 4 is 5.97 Å². The van der Waals surface area contributed by atoms with Gasteiger partial charge in [-0.05, 0) is 19.8 Å². The summed E-state index contributed by atoms with van der Waals surface area (Å²) in [5, 5.41) is 11.9. The van der Waals surface area contributed by atoms with Gasteiger partial charge in [0, 0.05) is 25.3 Å². The molecule has 4 nitrogen and oxygen atoms in total. The van der Waals surface area contributed by atoms with Gasteiger partial charge < -0.3 is 15.2 Å². The first-order chi connectivity index (χ1) is 7.47. The van der Waals surface area contributed by atoms with Gasteiger partial charge in [-0.3, -0.25) is 0 Å². The molecule has 0 aliphatic rings. The average molecular weight is 229 g/mol. The highest BCUT2D eigenvalue weighted by atomic mass is 16.5. The minimum Gasteiger partial charge on any atom is -0.478 e. The lowest BCUT2D eigenvalue weighted by Gasteiger charge is -2.22. The molecule has 0 aliphatic heterocycles. The number of carboxylic acid groups (broad SMARTS) is 1. The summed E-state index contributed by atoms with van der Waals surface area (Å²) >= 11 is 0. The van der Waals surface area contributed by atoms with E-state index < -0.39 is 5.97 Å². The van der Waals surface area contributed by atoms with Crippen LogP contribution in [0, 0.1) is 5.92 Å². The number of carbonyl (C=O) groups is 1. The maximum Gasteiger partial charge on any atom is 0.328 e. The van der Waals surface area contributed by atoms with Crippen molar-refractivity contribution in [1.29, 1.82) is 0 Å². The molecule has 0 bridgehead atoms. The van der Waals surface area contributed by atoms with Gasteiger partial charge in [-0.25, -0.2) is 4.79 Å². The Balaban J connectivity index is 4.06. The van der Waals surface area contributed by atoms with Gasteiger partial charge in [0.05, 0.1) is 6.61 Å². The Labute approximate surface area is 97.7 Å². The molecular weight excluding hydrogens is 206 g/mol. The first kappa shape index (κ1) is 15.1. The Hall–Kier alpha value is -0.870. The zero-order chi connectivity index (χ0) is 12.6. The Morgan fingerprint density at radius 1 is 1.50 bits per heavy atom. The van der Waals surface area contributed by atoms with E-state index in [1.807, 2.05) is 6.92 Å². The van der Waals surface area contributed by atoms with E-state index in [9.17, 15) is 4.79 Å². The molecule has 0 radical (unpaired) electrons. The van der Waals surface area contributed by atoms with Crippen LogP contribution < -0.4 is 5.32 Å². The lowest BCUT2D eigenvalue weighted by atomic mass is 10.1. The lowest BCUT2D eigenvalue weighted by Crippen LogP contribution is -2.38. The molecule has 0 aliphatic carbocycles. The highest BCUT2D eigenvalue weighted by Gasteiger charge is 2.12. The standard InChI is InChI=1S/C12H23NO3/c1-5-16-8-11(9(2)3)13-7-10(4)6-12(14)15/h6,9,11,13H,5,7-8H2,1-4H3,(H,14,15). The minimum absolute atomic E-state index is 0.261. The molecule has 94 valence electrons. The second kappa shape index (κ2) is 8.30. The molecule has 0 aromatic rings. The van der Waals surface area contributed by atoms with Crippen LogP contribution in [0.15, 0.2) is 11.6 Å². The predicted octanol–water partition coefficient (Wildman–Crippen LogP) is 1.67. The number of hydrogen-bond donors (Lipinski definition) is 2. The van der Waals surface area contributed by atoms with Gasteiger partial charge in [-0.1, -0.05) is 19.4 Å². The summed E-state index contributed by atoms with van der Waals surface area (Å²) < 4.78 is 5.37. The van der Waals surface area contributed by atoms with Crippen LogP contribution in [0.5, 0.6) is 0 Å². The molecular formula is C12H23NO3. The molecule has 0 rings (SSSR count). The molecule has 1 unspecified atom stereocenters. The van der Waals surface area contributed by atoms with Crippen molar-refractivity contribution in [3.63, 3.8) is 0 Å². The van der Waals surface area contributed by atoms with Crippen molar-refractivity contribution in [2.45, 2.75) is 33.7 Å². The highest BCUT2D eigenvalue weighted by Crippen LogP contribution is 2.03. The van der Waals surface area contributed by atoms with E-state index in [4.69, 9.17) is 9.84 Å². The smallest absolute Gasteiger partial charge is 0.328 e. The molecule has 0 saturated heterocycles. The summed E-state index contributed by atoms with van der Waals surface area (Å²) in [6.07, 6.45) is 1.23. The third-order valence-corrected chi connectivity index (χ3v) is 2.32. The van der Waals surface area contributed by atoms with E-state index in [2.05, 4.69) is 19.2 Å². The summed E-state index contributed by atoms with van der Waals surface area (Å²) in [7, 11) is 0. The molecule has 0 aromatic heterocycles. The summed E-state index contributed by atoms with van der Waals surface area (Å²) in [5.41, 5.74) is 0.814. The number of carboxylic acids is 1. The normalized spacial score (nSPS) is 14.2. The minimum atomic E-state index is -0.898. The van der Waals surface area contributed by atoms with Crippen molar-refractivity contribution < 1.29 is 14.6 Å². The first-order valence-corrected chi connectivity index (χ1v) is 5.68. The van der Waals surface area contributed by atoms with Crippen LogP contribution in [0.2, 0.25) is 0 Å². The van der Waals surface area contributed by atoms with Crippen molar-refractivity contribution in [3.05, 3.63) is 11.6 Å². The number of rotatable bonds is 8. The second-order valence-electron chi connectivity index (χ2n) is 4.22. The zero-order valence-corrected chi connectivity index (χ0v) is 10.6. The quantitative estimate of drug-likeness (QED) is 0.622. The van der Waals surface area contributed by atoms with Crippen LogP contribution in [-0.4, -0.2) is 36.9 Å². The highest BCUT2D eigenvalue weighted by molar-refractivity contribution is 5.80. The SMILES string of the molecule is CCOCC(NCC(C)=CC(=O)O)C(C)C. The summed E-state index contributed by atoms with van der Waals surface area (Å²) in [4.78, 5) is 10.4. The molecule has 2 N–H and O–H groups in total. The molecule has 0 saturated carbocycles. The Morgan fingerprint density at radius 3 is 2.56 bits per heavy atom. The fourth-order valence-corrected chi connectivity index (χ4v) is 1.29. The van der Waals surface area contributed by atoms with Crippen LogP contribution in [-0.2, 0) is 9.53 Å². The summed E-state index contributed by atoms with van der Waals surface area (Å²) in [5.74, 6) is -0.436. The first-order valence-electron chi connectivity index (χ1n) is 5.68. The van der Waals surface area contributed by atoms with Crippen molar-refractivity contribution in [2.24, 2.45) is 5.92 Å². The van der Waals surface area contributed by atoms with E-state index in [1.54, 1.807) is 6.92 Å². The molecule has 0 fully saturated rings. The number of ether oxygens (including phenoxy) is 1. The van der Waals surface area contributed by atoms with Gasteiger partial charge in [0.2, 0.25) is 0 Å². The van der Waals surface area contributed by atoms with E-state index in [0.717, 1.165) is 5.57 Å². The van der Waals surface area contributed by atoms with Crippen molar-refractivity contribution in [2.75, 3.05) is 19.8 Å². The number of hydrogen-bond acceptors (Lipinski definition) is 3. The number of aliphatic carboxylic acids is 1. The summed E-state index contributed by atoms with van der Waals surface area (Å²) in [6.45, 7) is 9.96. The van der Waals surface area contributed by atoms with Crippen LogP contribution in [0.4, 0.5) is 0 Å². The van der Waals surface area contributed by atoms with Crippen LogP contribution in [0.3, 0.4) is 0 Å². The molecule has 0 amide bonds. The fraction of sp³-hybridized carbons (Fsp3) is 0.750. The molecule has 0 spiro atoms. The average Bonchev–Trinajstić information content (AvgIpc) is 2.16. The van der Waals surface area contributed by atoms with Gasteiger partial charge in [0.15, 0.2) is 0 Å². The van der Waals surface area contributed by atoms with Crippen molar-refractivity contribution in [3.8, 4) is 0 Å². The number of nitrogens with one attached hydrogen (secondary N) is 1. The Kier molecular flexibility index (Phi) is 7.85. The van der Waals surface area contributed by atoms with Gasteiger partial charge in [-0.15, -0.1) is 0 Å². The summed E-state index contributed by atoms with van der Waals surface area (Å²) in [6, 6.07) is 0.261. The van der Waals surface area contributed by atoms with Crippen molar-refractivity contribution in [1.82, 2.24) is 5.32 Å². The molecule has 0 heterocycles. The Morgan fingerprint density at radius 2 is 2.12 bits per heavy atom. The third-order valence-electron chi connectivity index (χ3n) is 2.32. The van der Waals surface area contributed by atoms with E-state index in [0.29, 0.717) is 25.7 Å². The predicted molar refractivity (Wildman–Crippen MR) is 64.5 cm³/mol. The molecule has 1 atom stereocenters. The maximum atomic E-state index is 10.4. The van der Waals surface area contributed by atoms with E-state index in [1.165, 1.54) is 6.08 Å². The largest absolute Gasteiger partial charge is 0.478 e. The lowest BCUT2D eigenvalue weighted by molar-refractivity contribution is -0.131. The molecule has 4 heteroatoms. The maximum absolute atomic E-state index is 10.4. The monoisotopic (exact) mass is 229 g/mol. The van der Waals surface area contributed by atoms with E-state index >= 15 is 0 Å². The molecule has 16 heavy (non-hydrogen) atoms. The zero-order valence-electron chi connectivity index (χ0n) is 10.6. The van der Waals surface area contributed by atoms with Crippen LogP contribution in [0.1, 0.15) is 27.7 Å². The third kappa shape index (κ3) is 7.43. The van der Waals surface area contributed by atoms with Crippen LogP contribution in [0.25, 0.3) is 0 Å². The van der Waals surface area contributed by atoms with Gasteiger partial charge in [0.25, 0.3) is 0 Å². The topological polar surface area (TPSA) is 58.6 Å². The van der Waals surface area contributed by atoms with Gasteiger partial charge in [0.1, 0.15) is 0 Å². The fourth-order valence-electron chi connectivity index (χ4n) is 1.29. The van der Waals surface area contributed by atoms with Gasteiger partial charge >= 0.3 is 5.97 Å². The molecule has 0 aromatic carbocycles. The van der Waals surface area contributed by atoms with Crippen LogP contribution >= 0.6 is 0 Å².